The van der Waals surface area contributed by atoms with E-state index < -0.39 is 41.0 Å². The van der Waals surface area contributed by atoms with E-state index in [9.17, 15) is 18.0 Å². The van der Waals surface area contributed by atoms with Crippen molar-refractivity contribution in [1.82, 2.24) is 10.3 Å². The van der Waals surface area contributed by atoms with Gasteiger partial charge in [0.25, 0.3) is 5.91 Å². The van der Waals surface area contributed by atoms with Crippen molar-refractivity contribution in [3.8, 4) is 11.8 Å². The fourth-order valence-electron chi connectivity index (χ4n) is 3.79. The highest BCUT2D eigenvalue weighted by Gasteiger charge is 2.68. The van der Waals surface area contributed by atoms with Crippen LogP contribution in [-0.4, -0.2) is 17.5 Å². The first-order valence-corrected chi connectivity index (χ1v) is 13.1. The van der Waals surface area contributed by atoms with Crippen molar-refractivity contribution in [2.24, 2.45) is 0 Å². The molecule has 1 saturated heterocycles. The van der Waals surface area contributed by atoms with Crippen LogP contribution in [0.25, 0.3) is 0 Å². The van der Waals surface area contributed by atoms with Crippen LogP contribution in [-0.2, 0) is 22.8 Å². The predicted octanol–water partition coefficient (Wildman–Crippen LogP) is 6.93. The summed E-state index contributed by atoms with van der Waals surface area (Å²) < 4.78 is 76.0. The summed E-state index contributed by atoms with van der Waals surface area (Å²) in [4.78, 5) is 17.2. The number of halogens is 5. The summed E-state index contributed by atoms with van der Waals surface area (Å²) in [5.41, 5.74) is -2.24. The molecule has 2 aromatic heterocycles. The fraction of sp³-hybridized carbons (Fsp3) is 0.200. The van der Waals surface area contributed by atoms with E-state index in [0.29, 0.717) is 21.4 Å². The Hall–Kier alpha value is -4.07. The molecule has 1 amide bonds. The lowest BCUT2D eigenvalue weighted by molar-refractivity contribution is -0.0901. The molecule has 5 rings (SSSR count). The number of aromatic nitrogens is 1. The quantitative estimate of drug-likeness (QED) is 0.155. The normalized spacial score (nSPS) is 15.8. The number of carbonyl (C=O) groups excluding carboxylic acids is 1. The number of hydrogen-bond acceptors (Lipinski definition) is 4. The lowest BCUT2D eigenvalue weighted by Gasteiger charge is -2.24. The second-order valence-electron chi connectivity index (χ2n) is 8.47. The van der Waals surface area contributed by atoms with Crippen LogP contribution in [0, 0.1) is 29.3 Å². The van der Waals surface area contributed by atoms with Crippen LogP contribution in [0.2, 0.25) is 0 Å². The van der Waals surface area contributed by atoms with Crippen molar-refractivity contribution in [2.75, 3.05) is 6.61 Å². The monoisotopic (exact) mass is 570 g/mol. The highest BCUT2D eigenvalue weighted by molar-refractivity contribution is 7.14. The number of alkyl halides is 2. The lowest BCUT2D eigenvalue weighted by atomic mass is 9.90. The largest absolute Gasteiger partial charge is 0.357 e. The predicted molar refractivity (Wildman–Crippen MR) is 141 cm³/mol. The number of carbonyl (C=O) groups is 1. The van der Waals surface area contributed by atoms with Gasteiger partial charge in [-0.2, -0.15) is 8.78 Å². The third-order valence-electron chi connectivity index (χ3n) is 5.92. The molecular formula is C30H23F5N2O2S. The second kappa shape index (κ2) is 12.0. The van der Waals surface area contributed by atoms with E-state index in [1.165, 1.54) is 18.2 Å². The molecule has 1 fully saturated rings. The number of hydrogen-bond donors (Lipinski definition) is 1. The molecule has 4 nitrogen and oxygen atoms in total. The number of benzene rings is 2. The summed E-state index contributed by atoms with van der Waals surface area (Å²) in [5.74, 6) is -0.676. The van der Waals surface area contributed by atoms with Gasteiger partial charge in [0.15, 0.2) is 5.60 Å². The maximum absolute atomic E-state index is 15.3. The van der Waals surface area contributed by atoms with Crippen molar-refractivity contribution in [3.05, 3.63) is 123 Å². The Bertz CT molecular complexity index is 1550. The molecule has 2 aromatic carbocycles. The SMILES string of the molecule is CC.O=C(NCc1ccc(F)cc1)c1ccc(C#Cc2ccc(C(F)(F)C3(c4ccc(F)cc4F)CO3)nc2)s1. The van der Waals surface area contributed by atoms with Gasteiger partial charge in [-0.25, -0.2) is 13.2 Å². The molecule has 3 heterocycles. The number of amides is 1. The average molecular weight is 571 g/mol. The number of epoxide rings is 1. The van der Waals surface area contributed by atoms with Crippen molar-refractivity contribution in [2.45, 2.75) is 31.9 Å². The van der Waals surface area contributed by atoms with E-state index in [-0.39, 0.29) is 18.3 Å². The number of pyridine rings is 1. The van der Waals surface area contributed by atoms with Gasteiger partial charge in [-0.15, -0.1) is 11.3 Å². The average Bonchev–Trinajstić information content (AvgIpc) is 3.63. The van der Waals surface area contributed by atoms with E-state index >= 15 is 8.78 Å². The zero-order chi connectivity index (χ0) is 28.9. The van der Waals surface area contributed by atoms with Crippen molar-refractivity contribution >= 4 is 17.2 Å². The Morgan fingerprint density at radius 3 is 2.33 bits per heavy atom. The van der Waals surface area contributed by atoms with Gasteiger partial charge in [-0.05, 0) is 54.1 Å². The maximum Gasteiger partial charge on any atom is 0.324 e. The Balaban J connectivity index is 0.00000181. The van der Waals surface area contributed by atoms with E-state index in [4.69, 9.17) is 4.74 Å². The summed E-state index contributed by atoms with van der Waals surface area (Å²) in [6.07, 6.45) is 1.16. The van der Waals surface area contributed by atoms with Crippen LogP contribution < -0.4 is 5.32 Å². The second-order valence-corrected chi connectivity index (χ2v) is 9.55. The van der Waals surface area contributed by atoms with Crippen molar-refractivity contribution in [3.63, 3.8) is 0 Å². The molecule has 4 aromatic rings. The number of nitrogens with zero attached hydrogens (tertiary/aromatic N) is 1. The minimum atomic E-state index is -3.68. The zero-order valence-electron chi connectivity index (χ0n) is 21.4. The first-order chi connectivity index (χ1) is 19.2. The van der Waals surface area contributed by atoms with Crippen LogP contribution >= 0.6 is 11.3 Å². The number of ether oxygens (including phenoxy) is 1. The molecule has 1 unspecified atom stereocenters. The molecule has 0 saturated carbocycles. The third-order valence-corrected chi connectivity index (χ3v) is 6.92. The Kier molecular flexibility index (Phi) is 8.67. The zero-order valence-corrected chi connectivity index (χ0v) is 22.2. The van der Waals surface area contributed by atoms with E-state index in [2.05, 4.69) is 22.1 Å². The highest BCUT2D eigenvalue weighted by Crippen LogP contribution is 2.56. The lowest BCUT2D eigenvalue weighted by Crippen LogP contribution is -2.34. The molecular weight excluding hydrogens is 547 g/mol. The summed E-state index contributed by atoms with van der Waals surface area (Å²) in [5, 5.41) is 2.74. The Labute approximate surface area is 231 Å². The number of thiophene rings is 1. The van der Waals surface area contributed by atoms with E-state index in [0.717, 1.165) is 41.3 Å². The molecule has 1 aliphatic heterocycles. The Morgan fingerprint density at radius 2 is 1.70 bits per heavy atom. The van der Waals surface area contributed by atoms with Crippen LogP contribution in [0.1, 0.15) is 50.8 Å². The summed E-state index contributed by atoms with van der Waals surface area (Å²) in [6, 6.07) is 13.9. The molecule has 1 aliphatic rings. The molecule has 1 N–H and O–H groups in total. The molecule has 40 heavy (non-hydrogen) atoms. The van der Waals surface area contributed by atoms with E-state index in [1.54, 1.807) is 24.3 Å². The standard InChI is InChI=1S/C28H17F5N2O2S.C2H6/c29-19-5-1-17(2-6-19)15-35-26(36)24-11-9-21(38-24)8-3-18-4-12-25(34-14-18)28(32,33)27(16-37-27)22-10-7-20(30)13-23(22)31;1-2/h1-2,4-7,9-14H,15-16H2,(H,35,36);1-2H3. The maximum atomic E-state index is 15.3. The summed E-state index contributed by atoms with van der Waals surface area (Å²) >= 11 is 1.15. The van der Waals surface area contributed by atoms with Crippen LogP contribution in [0.4, 0.5) is 22.0 Å². The fourth-order valence-corrected chi connectivity index (χ4v) is 4.56. The topological polar surface area (TPSA) is 54.5 Å². The molecule has 0 aliphatic carbocycles. The van der Waals surface area contributed by atoms with Crippen molar-refractivity contribution < 1.29 is 31.5 Å². The van der Waals surface area contributed by atoms with Gasteiger partial charge in [0, 0.05) is 29.9 Å². The molecule has 0 bridgehead atoms. The van der Waals surface area contributed by atoms with Gasteiger partial charge in [0.1, 0.15) is 23.1 Å². The van der Waals surface area contributed by atoms with Gasteiger partial charge >= 0.3 is 5.92 Å². The first-order valence-electron chi connectivity index (χ1n) is 12.3. The summed E-state index contributed by atoms with van der Waals surface area (Å²) in [6.45, 7) is 3.80. The number of nitrogens with one attached hydrogen (secondary N) is 1. The molecule has 1 atom stereocenters. The van der Waals surface area contributed by atoms with Crippen LogP contribution in [0.15, 0.2) is 72.9 Å². The van der Waals surface area contributed by atoms with Gasteiger partial charge in [0.05, 0.1) is 16.4 Å². The van der Waals surface area contributed by atoms with Gasteiger partial charge < -0.3 is 10.1 Å². The molecule has 0 spiro atoms. The third kappa shape index (κ3) is 6.06. The minimum Gasteiger partial charge on any atom is -0.357 e. The van der Waals surface area contributed by atoms with Gasteiger partial charge in [-0.3, -0.25) is 9.78 Å². The minimum absolute atomic E-state index is 0.237. The van der Waals surface area contributed by atoms with Crippen molar-refractivity contribution in [1.29, 1.82) is 0 Å². The first kappa shape index (κ1) is 28.9. The van der Waals surface area contributed by atoms with Gasteiger partial charge in [0.2, 0.25) is 0 Å². The summed E-state index contributed by atoms with van der Waals surface area (Å²) in [7, 11) is 0. The molecule has 206 valence electrons. The van der Waals surface area contributed by atoms with E-state index in [1.807, 2.05) is 13.8 Å². The van der Waals surface area contributed by atoms with Crippen LogP contribution in [0.3, 0.4) is 0 Å². The Morgan fingerprint density at radius 1 is 1.00 bits per heavy atom. The molecule has 10 heteroatoms. The highest BCUT2D eigenvalue weighted by atomic mass is 32.1. The molecule has 0 radical (unpaired) electrons. The van der Waals surface area contributed by atoms with Gasteiger partial charge in [-0.1, -0.05) is 37.8 Å². The van der Waals surface area contributed by atoms with Crippen LogP contribution in [0.5, 0.6) is 0 Å². The smallest absolute Gasteiger partial charge is 0.324 e. The number of rotatable bonds is 6.